The fraction of sp³-hybridized carbons (Fsp3) is 0.280. The molecule has 4 aromatic rings. The molecule has 1 aliphatic rings. The number of amides is 1. The van der Waals surface area contributed by atoms with E-state index in [1.807, 2.05) is 25.1 Å². The lowest BCUT2D eigenvalue weighted by Gasteiger charge is -2.34. The first-order valence-electron chi connectivity index (χ1n) is 11.4. The predicted octanol–water partition coefficient (Wildman–Crippen LogP) is 3.25. The van der Waals surface area contributed by atoms with Gasteiger partial charge in [-0.05, 0) is 42.8 Å². The van der Waals surface area contributed by atoms with E-state index in [0.717, 1.165) is 41.8 Å². The first-order valence-corrected chi connectivity index (χ1v) is 11.4. The van der Waals surface area contributed by atoms with Crippen molar-refractivity contribution in [1.82, 2.24) is 30.0 Å². The Morgan fingerprint density at radius 2 is 1.85 bits per heavy atom. The van der Waals surface area contributed by atoms with Crippen LogP contribution in [0.3, 0.4) is 0 Å². The van der Waals surface area contributed by atoms with E-state index in [1.54, 1.807) is 23.4 Å². The van der Waals surface area contributed by atoms with Crippen molar-refractivity contribution in [2.45, 2.75) is 13.5 Å². The fourth-order valence-corrected chi connectivity index (χ4v) is 4.26. The molecule has 0 radical (unpaired) electrons. The molecule has 1 aromatic carbocycles. The molecule has 0 atom stereocenters. The van der Waals surface area contributed by atoms with Gasteiger partial charge < -0.3 is 14.6 Å². The topological polar surface area (TPSA) is 107 Å². The highest BCUT2D eigenvalue weighted by atomic mass is 16.6. The molecule has 1 aliphatic heterocycles. The quantitative estimate of drug-likeness (QED) is 0.475. The van der Waals surface area contributed by atoms with Gasteiger partial charge in [-0.3, -0.25) is 14.7 Å². The molecule has 4 heterocycles. The molecule has 34 heavy (non-hydrogen) atoms. The molecule has 0 aliphatic carbocycles. The Labute approximate surface area is 196 Å². The molecule has 0 unspecified atom stereocenters. The summed E-state index contributed by atoms with van der Waals surface area (Å²) in [7, 11) is 0. The molecule has 9 heteroatoms. The van der Waals surface area contributed by atoms with Crippen LogP contribution in [0.1, 0.15) is 12.5 Å². The Kier molecular flexibility index (Phi) is 6.09. The highest BCUT2D eigenvalue weighted by Crippen LogP contribution is 2.25. The summed E-state index contributed by atoms with van der Waals surface area (Å²) in [6.45, 7) is 5.95. The number of nitrogens with zero attached hydrogens (tertiary/aromatic N) is 4. The smallest absolute Gasteiger partial charge is 0.409 e. The Balaban J connectivity index is 1.33. The van der Waals surface area contributed by atoms with Crippen LogP contribution in [0.25, 0.3) is 33.4 Å². The zero-order chi connectivity index (χ0) is 23.5. The van der Waals surface area contributed by atoms with E-state index < -0.39 is 0 Å². The summed E-state index contributed by atoms with van der Waals surface area (Å²) in [5.74, 6) is 0. The van der Waals surface area contributed by atoms with Crippen LogP contribution in [0.5, 0.6) is 0 Å². The number of aromatic nitrogens is 4. The third-order valence-electron chi connectivity index (χ3n) is 6.06. The first-order chi connectivity index (χ1) is 16.6. The lowest BCUT2D eigenvalue weighted by atomic mass is 10.1. The number of carbonyl (C=O) groups is 1. The van der Waals surface area contributed by atoms with E-state index in [9.17, 15) is 9.59 Å². The number of pyridine rings is 1. The van der Waals surface area contributed by atoms with E-state index >= 15 is 0 Å². The molecule has 1 saturated heterocycles. The Hall–Kier alpha value is -3.98. The van der Waals surface area contributed by atoms with E-state index in [4.69, 9.17) is 4.74 Å². The van der Waals surface area contributed by atoms with Gasteiger partial charge in [0.15, 0.2) is 0 Å². The third kappa shape index (κ3) is 4.55. The largest absolute Gasteiger partial charge is 0.450 e. The van der Waals surface area contributed by atoms with Crippen LogP contribution in [0, 0.1) is 0 Å². The summed E-state index contributed by atoms with van der Waals surface area (Å²) < 4.78 is 5.10. The van der Waals surface area contributed by atoms with Crippen LogP contribution in [0.4, 0.5) is 4.79 Å². The second-order valence-corrected chi connectivity index (χ2v) is 8.30. The second-order valence-electron chi connectivity index (χ2n) is 8.30. The van der Waals surface area contributed by atoms with E-state index in [-0.39, 0.29) is 11.7 Å². The van der Waals surface area contributed by atoms with Crippen molar-refractivity contribution in [3.8, 4) is 22.5 Å². The lowest BCUT2D eigenvalue weighted by molar-refractivity contribution is 0.0778. The van der Waals surface area contributed by atoms with Crippen molar-refractivity contribution >= 4 is 17.0 Å². The van der Waals surface area contributed by atoms with Crippen molar-refractivity contribution in [1.29, 1.82) is 0 Å². The Morgan fingerprint density at radius 1 is 1.06 bits per heavy atom. The number of nitrogens with one attached hydrogen (secondary N) is 2. The highest BCUT2D eigenvalue weighted by Gasteiger charge is 2.22. The van der Waals surface area contributed by atoms with Gasteiger partial charge in [-0.15, -0.1) is 0 Å². The van der Waals surface area contributed by atoms with E-state index in [2.05, 4.69) is 43.3 Å². The van der Waals surface area contributed by atoms with Crippen LogP contribution < -0.4 is 5.56 Å². The molecule has 174 valence electrons. The van der Waals surface area contributed by atoms with Crippen LogP contribution >= 0.6 is 0 Å². The standard InChI is InChI=1S/C25H26N6O3/c1-2-34-25(33)31-11-9-30(10-12-31)16-17-3-4-19-14-23(27-21(19)13-17)20-15-22(28-29-24(20)32)18-5-7-26-8-6-18/h3-8,13-15,27H,2,9-12,16H2,1H3,(H,29,32). The van der Waals surface area contributed by atoms with Crippen LogP contribution in [-0.4, -0.2) is 68.8 Å². The van der Waals surface area contributed by atoms with Crippen molar-refractivity contribution in [2.75, 3.05) is 32.8 Å². The molecule has 2 N–H and O–H groups in total. The van der Waals surface area contributed by atoms with Crippen LogP contribution in [-0.2, 0) is 11.3 Å². The number of fused-ring (bicyclic) bond motifs is 1. The van der Waals surface area contributed by atoms with E-state index in [0.29, 0.717) is 31.0 Å². The average Bonchev–Trinajstić information content (AvgIpc) is 3.29. The molecule has 1 fully saturated rings. The fourth-order valence-electron chi connectivity index (χ4n) is 4.26. The first kappa shape index (κ1) is 21.8. The number of aromatic amines is 2. The number of piperazine rings is 1. The third-order valence-corrected chi connectivity index (χ3v) is 6.06. The van der Waals surface area contributed by atoms with Gasteiger partial charge in [-0.25, -0.2) is 9.89 Å². The number of carbonyl (C=O) groups excluding carboxylic acids is 1. The normalized spacial score (nSPS) is 14.4. The Bertz CT molecular complexity index is 1360. The van der Waals surface area contributed by atoms with Crippen molar-refractivity contribution in [3.05, 3.63) is 70.8 Å². The van der Waals surface area contributed by atoms with Gasteiger partial charge in [0, 0.05) is 61.6 Å². The van der Waals surface area contributed by atoms with E-state index in [1.165, 1.54) is 5.56 Å². The monoisotopic (exact) mass is 458 g/mol. The number of hydrogen-bond acceptors (Lipinski definition) is 6. The molecular weight excluding hydrogens is 432 g/mol. The van der Waals surface area contributed by atoms with Crippen molar-refractivity contribution in [2.24, 2.45) is 0 Å². The van der Waals surface area contributed by atoms with Crippen LogP contribution in [0.15, 0.2) is 59.7 Å². The molecule has 1 amide bonds. The van der Waals surface area contributed by atoms with Gasteiger partial charge in [-0.2, -0.15) is 5.10 Å². The van der Waals surface area contributed by atoms with Gasteiger partial charge in [0.1, 0.15) is 0 Å². The molecule has 3 aromatic heterocycles. The predicted molar refractivity (Wildman–Crippen MR) is 129 cm³/mol. The Morgan fingerprint density at radius 3 is 2.62 bits per heavy atom. The average molecular weight is 459 g/mol. The second kappa shape index (κ2) is 9.48. The molecule has 9 nitrogen and oxygen atoms in total. The summed E-state index contributed by atoms with van der Waals surface area (Å²) in [4.78, 5) is 36.0. The number of rotatable bonds is 5. The maximum absolute atomic E-state index is 12.5. The summed E-state index contributed by atoms with van der Waals surface area (Å²) in [5.41, 5.74) is 4.74. The number of H-pyrrole nitrogens is 2. The van der Waals surface area contributed by atoms with Gasteiger partial charge in [0.2, 0.25) is 0 Å². The number of ether oxygens (including phenoxy) is 1. The van der Waals surface area contributed by atoms with Crippen molar-refractivity contribution in [3.63, 3.8) is 0 Å². The molecule has 0 bridgehead atoms. The maximum atomic E-state index is 12.5. The zero-order valence-corrected chi connectivity index (χ0v) is 19.0. The minimum atomic E-state index is -0.246. The van der Waals surface area contributed by atoms with Gasteiger partial charge in [-0.1, -0.05) is 12.1 Å². The van der Waals surface area contributed by atoms with Gasteiger partial charge in [0.25, 0.3) is 5.56 Å². The van der Waals surface area contributed by atoms with Gasteiger partial charge >= 0.3 is 6.09 Å². The molecule has 5 rings (SSSR count). The SMILES string of the molecule is CCOC(=O)N1CCN(Cc2ccc3cc(-c4cc(-c5ccncc5)n[nH]c4=O)[nH]c3c2)CC1. The summed E-state index contributed by atoms with van der Waals surface area (Å²) in [5, 5.41) is 7.82. The van der Waals surface area contributed by atoms with Crippen molar-refractivity contribution < 1.29 is 9.53 Å². The molecule has 0 saturated carbocycles. The number of hydrogen-bond donors (Lipinski definition) is 2. The lowest BCUT2D eigenvalue weighted by Crippen LogP contribution is -2.48. The maximum Gasteiger partial charge on any atom is 0.409 e. The number of benzene rings is 1. The van der Waals surface area contributed by atoms with Gasteiger partial charge in [0.05, 0.1) is 23.6 Å². The summed E-state index contributed by atoms with van der Waals surface area (Å²) >= 11 is 0. The minimum absolute atomic E-state index is 0.235. The molecule has 0 spiro atoms. The summed E-state index contributed by atoms with van der Waals surface area (Å²) in [6.07, 6.45) is 3.16. The molecular formula is C25H26N6O3. The van der Waals surface area contributed by atoms with Crippen LogP contribution in [0.2, 0.25) is 0 Å². The zero-order valence-electron chi connectivity index (χ0n) is 19.0. The highest BCUT2D eigenvalue weighted by molar-refractivity contribution is 5.86. The summed E-state index contributed by atoms with van der Waals surface area (Å²) in [6, 6.07) is 13.8. The minimum Gasteiger partial charge on any atom is -0.450 e.